The molecule has 24 heavy (non-hydrogen) atoms. The number of benzene rings is 2. The van der Waals surface area contributed by atoms with Crippen molar-refractivity contribution in [3.63, 3.8) is 0 Å². The number of hydrogen-bond acceptors (Lipinski definition) is 5. The Balaban J connectivity index is 1.85. The largest absolute Gasteiger partial charge is 0.484 e. The van der Waals surface area contributed by atoms with E-state index in [0.717, 1.165) is 10.0 Å². The Bertz CT molecular complexity index is 793. The number of amides is 1. The molecule has 0 heterocycles. The van der Waals surface area contributed by atoms with Crippen molar-refractivity contribution in [2.24, 2.45) is 5.10 Å². The highest BCUT2D eigenvalue weighted by molar-refractivity contribution is 9.10. The van der Waals surface area contributed by atoms with Gasteiger partial charge in [-0.05, 0) is 30.7 Å². The quantitative estimate of drug-likeness (QED) is 0.464. The number of hydrazone groups is 1. The predicted molar refractivity (Wildman–Crippen MR) is 93.2 cm³/mol. The first-order chi connectivity index (χ1) is 11.5. The van der Waals surface area contributed by atoms with Gasteiger partial charge in [-0.2, -0.15) is 5.10 Å². The molecule has 124 valence electrons. The van der Waals surface area contributed by atoms with Crippen molar-refractivity contribution in [2.45, 2.75) is 6.92 Å². The van der Waals surface area contributed by atoms with Gasteiger partial charge in [-0.1, -0.05) is 28.1 Å². The number of carbonyl (C=O) groups is 1. The first-order valence-corrected chi connectivity index (χ1v) is 7.70. The zero-order chi connectivity index (χ0) is 17.5. The minimum Gasteiger partial charge on any atom is -0.484 e. The van der Waals surface area contributed by atoms with Crippen LogP contribution in [0, 0.1) is 17.0 Å². The highest BCUT2D eigenvalue weighted by Crippen LogP contribution is 2.21. The van der Waals surface area contributed by atoms with E-state index in [4.69, 9.17) is 4.74 Å². The predicted octanol–water partition coefficient (Wildman–Crippen LogP) is 3.19. The molecule has 2 aromatic rings. The number of carbonyl (C=O) groups excluding carboxylic acids is 1. The van der Waals surface area contributed by atoms with Crippen LogP contribution in [0.4, 0.5) is 5.69 Å². The van der Waals surface area contributed by atoms with Crippen molar-refractivity contribution in [3.8, 4) is 5.75 Å². The first kappa shape index (κ1) is 17.6. The number of ether oxygens (including phenoxy) is 1. The minimum absolute atomic E-state index is 0.0424. The molecule has 0 aliphatic rings. The Morgan fingerprint density at radius 1 is 1.38 bits per heavy atom. The van der Waals surface area contributed by atoms with Crippen LogP contribution < -0.4 is 10.2 Å². The molecule has 7 nitrogen and oxygen atoms in total. The normalized spacial score (nSPS) is 10.6. The number of hydrogen-bond donors (Lipinski definition) is 1. The van der Waals surface area contributed by atoms with Crippen LogP contribution in [0.3, 0.4) is 0 Å². The van der Waals surface area contributed by atoms with Gasteiger partial charge >= 0.3 is 0 Å². The number of aryl methyl sites for hydroxylation is 1. The second-order valence-corrected chi connectivity index (χ2v) is 5.70. The Morgan fingerprint density at radius 3 is 2.88 bits per heavy atom. The summed E-state index contributed by atoms with van der Waals surface area (Å²) in [6, 6.07) is 11.3. The maximum absolute atomic E-state index is 11.7. The van der Waals surface area contributed by atoms with E-state index in [1.807, 2.05) is 19.1 Å². The molecule has 2 aromatic carbocycles. The molecule has 0 aliphatic heterocycles. The maximum atomic E-state index is 11.7. The molecular weight excluding hydrogens is 378 g/mol. The van der Waals surface area contributed by atoms with Gasteiger partial charge in [0.2, 0.25) is 0 Å². The zero-order valence-electron chi connectivity index (χ0n) is 12.7. The maximum Gasteiger partial charge on any atom is 0.277 e. The van der Waals surface area contributed by atoms with Crippen LogP contribution in [0.5, 0.6) is 5.75 Å². The summed E-state index contributed by atoms with van der Waals surface area (Å²) in [7, 11) is 0. The van der Waals surface area contributed by atoms with E-state index in [1.165, 1.54) is 18.3 Å². The van der Waals surface area contributed by atoms with E-state index in [9.17, 15) is 14.9 Å². The summed E-state index contributed by atoms with van der Waals surface area (Å²) >= 11 is 3.38. The monoisotopic (exact) mass is 391 g/mol. The average molecular weight is 392 g/mol. The molecule has 2 rings (SSSR count). The summed E-state index contributed by atoms with van der Waals surface area (Å²) < 4.78 is 6.32. The Morgan fingerprint density at radius 2 is 2.17 bits per heavy atom. The third-order valence-corrected chi connectivity index (χ3v) is 3.87. The van der Waals surface area contributed by atoms with Gasteiger partial charge in [-0.25, -0.2) is 5.43 Å². The molecule has 0 fully saturated rings. The topological polar surface area (TPSA) is 93.8 Å². The second-order valence-electron chi connectivity index (χ2n) is 4.84. The number of halogens is 1. The lowest BCUT2D eigenvalue weighted by Gasteiger charge is -2.06. The van der Waals surface area contributed by atoms with Crippen molar-refractivity contribution >= 4 is 33.7 Å². The van der Waals surface area contributed by atoms with Crippen molar-refractivity contribution < 1.29 is 14.5 Å². The molecule has 0 saturated heterocycles. The van der Waals surface area contributed by atoms with E-state index < -0.39 is 10.8 Å². The molecule has 0 atom stereocenters. The summed E-state index contributed by atoms with van der Waals surface area (Å²) in [6.07, 6.45) is 1.33. The molecule has 0 bridgehead atoms. The Labute approximate surface area is 146 Å². The molecule has 0 unspecified atom stereocenters. The van der Waals surface area contributed by atoms with Crippen LogP contribution in [0.2, 0.25) is 0 Å². The first-order valence-electron chi connectivity index (χ1n) is 6.91. The van der Waals surface area contributed by atoms with Crippen molar-refractivity contribution in [3.05, 3.63) is 68.2 Å². The summed E-state index contributed by atoms with van der Waals surface area (Å²) in [4.78, 5) is 21.8. The molecule has 0 aliphatic carbocycles. The van der Waals surface area contributed by atoms with Gasteiger partial charge in [-0.3, -0.25) is 14.9 Å². The molecule has 0 spiro atoms. The van der Waals surface area contributed by atoms with Gasteiger partial charge in [0.15, 0.2) is 6.61 Å². The number of nitrogens with zero attached hydrogens (tertiary/aromatic N) is 2. The standard InChI is InChI=1S/C16H14BrN3O4/c1-11-7-14(5-6-15(11)17)24-10-16(21)19-18-9-12-3-2-4-13(8-12)20(22)23/h2-9H,10H2,1H3,(H,19,21). The summed E-state index contributed by atoms with van der Waals surface area (Å²) in [5.41, 5.74) is 3.77. The zero-order valence-corrected chi connectivity index (χ0v) is 14.3. The number of nitro groups is 1. The lowest BCUT2D eigenvalue weighted by Crippen LogP contribution is -2.24. The fraction of sp³-hybridized carbons (Fsp3) is 0.125. The SMILES string of the molecule is Cc1cc(OCC(=O)NN=Cc2cccc([N+](=O)[O-])c2)ccc1Br. The van der Waals surface area contributed by atoms with E-state index >= 15 is 0 Å². The molecule has 1 amide bonds. The van der Waals surface area contributed by atoms with Gasteiger partial charge < -0.3 is 4.74 Å². The van der Waals surface area contributed by atoms with Gasteiger partial charge in [0.25, 0.3) is 11.6 Å². The number of nitro benzene ring substituents is 1. The van der Waals surface area contributed by atoms with E-state index in [0.29, 0.717) is 11.3 Å². The highest BCUT2D eigenvalue weighted by atomic mass is 79.9. The van der Waals surface area contributed by atoms with Crippen LogP contribution in [-0.2, 0) is 4.79 Å². The van der Waals surface area contributed by atoms with Gasteiger partial charge in [0.1, 0.15) is 5.75 Å². The Kier molecular flexibility index (Phi) is 6.02. The van der Waals surface area contributed by atoms with Gasteiger partial charge in [-0.15, -0.1) is 0 Å². The van der Waals surface area contributed by atoms with Crippen molar-refractivity contribution in [1.29, 1.82) is 0 Å². The minimum atomic E-state index is -0.496. The highest BCUT2D eigenvalue weighted by Gasteiger charge is 2.05. The molecule has 8 heteroatoms. The molecule has 0 aromatic heterocycles. The fourth-order valence-corrected chi connectivity index (χ4v) is 2.03. The molecule has 1 N–H and O–H groups in total. The van der Waals surface area contributed by atoms with Crippen LogP contribution in [0.25, 0.3) is 0 Å². The number of non-ortho nitro benzene ring substituents is 1. The van der Waals surface area contributed by atoms with Crippen molar-refractivity contribution in [2.75, 3.05) is 6.61 Å². The average Bonchev–Trinajstić information content (AvgIpc) is 2.56. The third kappa shape index (κ3) is 5.17. The summed E-state index contributed by atoms with van der Waals surface area (Å²) in [6.45, 7) is 1.73. The van der Waals surface area contributed by atoms with Gasteiger partial charge in [0, 0.05) is 22.2 Å². The second kappa shape index (κ2) is 8.21. The lowest BCUT2D eigenvalue weighted by atomic mass is 10.2. The van der Waals surface area contributed by atoms with Gasteiger partial charge in [0.05, 0.1) is 11.1 Å². The third-order valence-electron chi connectivity index (χ3n) is 2.98. The fourth-order valence-electron chi connectivity index (χ4n) is 1.79. The van der Waals surface area contributed by atoms with Crippen LogP contribution >= 0.6 is 15.9 Å². The summed E-state index contributed by atoms with van der Waals surface area (Å²) in [5, 5.41) is 14.4. The van der Waals surface area contributed by atoms with Crippen molar-refractivity contribution in [1.82, 2.24) is 5.43 Å². The van der Waals surface area contributed by atoms with Crippen LogP contribution in [0.1, 0.15) is 11.1 Å². The number of nitrogens with one attached hydrogen (secondary N) is 1. The van der Waals surface area contributed by atoms with E-state index in [2.05, 4.69) is 26.5 Å². The lowest BCUT2D eigenvalue weighted by molar-refractivity contribution is -0.384. The molecular formula is C16H14BrN3O4. The number of rotatable bonds is 6. The molecule has 0 saturated carbocycles. The van der Waals surface area contributed by atoms with Crippen LogP contribution in [-0.4, -0.2) is 23.7 Å². The summed E-state index contributed by atoms with van der Waals surface area (Å²) in [5.74, 6) is 0.144. The molecule has 0 radical (unpaired) electrons. The van der Waals surface area contributed by atoms with E-state index in [1.54, 1.807) is 18.2 Å². The Hall–Kier alpha value is -2.74. The van der Waals surface area contributed by atoms with Crippen LogP contribution in [0.15, 0.2) is 52.0 Å². The van der Waals surface area contributed by atoms with E-state index in [-0.39, 0.29) is 12.3 Å². The smallest absolute Gasteiger partial charge is 0.277 e.